The van der Waals surface area contributed by atoms with E-state index < -0.39 is 11.6 Å². The monoisotopic (exact) mass is 214 g/mol. The van der Waals surface area contributed by atoms with E-state index in [0.717, 1.165) is 18.2 Å². The zero-order chi connectivity index (χ0) is 10.1. The Balaban J connectivity index is 2.63. The largest absolute Gasteiger partial charge is 0.242 e. The molecule has 0 aliphatic carbocycles. The van der Waals surface area contributed by atoms with Crippen LogP contribution in [0.2, 0.25) is 0 Å². The molecule has 1 aromatic heterocycles. The number of benzene rings is 1. The minimum Gasteiger partial charge on any atom is -0.209 e. The van der Waals surface area contributed by atoms with E-state index >= 15 is 0 Å². The highest BCUT2D eigenvalue weighted by Crippen LogP contribution is 2.11. The van der Waals surface area contributed by atoms with Crippen molar-refractivity contribution < 1.29 is 8.78 Å². The van der Waals surface area contributed by atoms with Gasteiger partial charge in [0, 0.05) is 6.07 Å². The van der Waals surface area contributed by atoms with Crippen LogP contribution in [0, 0.1) is 16.4 Å². The molecule has 0 saturated carbocycles. The predicted molar refractivity (Wildman–Crippen MR) is 46.5 cm³/mol. The standard InChI is InChI=1S/C7H4F2N4S/c8-4-1-5(9)3-6(2-4)13-7(14)10-11-12-13/h1-3H,(H,10,12,14). The lowest BCUT2D eigenvalue weighted by Gasteiger charge is -2.00. The Hall–Kier alpha value is -1.63. The van der Waals surface area contributed by atoms with Gasteiger partial charge in [-0.2, -0.15) is 5.21 Å². The van der Waals surface area contributed by atoms with Crippen LogP contribution in [-0.4, -0.2) is 20.2 Å². The molecule has 2 rings (SSSR count). The van der Waals surface area contributed by atoms with Crippen LogP contribution in [0.25, 0.3) is 5.69 Å². The molecule has 0 saturated heterocycles. The van der Waals surface area contributed by atoms with Crippen molar-refractivity contribution in [2.24, 2.45) is 0 Å². The molecular formula is C7H4F2N4S. The second-order valence-electron chi connectivity index (χ2n) is 2.55. The number of rotatable bonds is 1. The van der Waals surface area contributed by atoms with Crippen LogP contribution < -0.4 is 0 Å². The van der Waals surface area contributed by atoms with E-state index in [9.17, 15) is 8.78 Å². The van der Waals surface area contributed by atoms with Crippen molar-refractivity contribution in [2.45, 2.75) is 0 Å². The fourth-order valence-electron chi connectivity index (χ4n) is 1.03. The van der Waals surface area contributed by atoms with Gasteiger partial charge < -0.3 is 0 Å². The molecule has 1 heterocycles. The number of hydrogen-bond acceptors (Lipinski definition) is 3. The fourth-order valence-corrected chi connectivity index (χ4v) is 1.22. The minimum atomic E-state index is -0.684. The van der Waals surface area contributed by atoms with Gasteiger partial charge >= 0.3 is 0 Å². The van der Waals surface area contributed by atoms with Gasteiger partial charge in [-0.25, -0.2) is 13.5 Å². The molecule has 0 atom stereocenters. The van der Waals surface area contributed by atoms with Gasteiger partial charge in [0.25, 0.3) is 0 Å². The number of aromatic nitrogens is 4. The minimum absolute atomic E-state index is 0.106. The maximum absolute atomic E-state index is 12.8. The molecule has 0 amide bonds. The molecule has 4 nitrogen and oxygen atoms in total. The maximum atomic E-state index is 12.8. The Morgan fingerprint density at radius 3 is 2.36 bits per heavy atom. The molecular weight excluding hydrogens is 210 g/mol. The summed E-state index contributed by atoms with van der Waals surface area (Å²) in [6.07, 6.45) is 0. The number of halogens is 2. The summed E-state index contributed by atoms with van der Waals surface area (Å²) >= 11 is 4.77. The van der Waals surface area contributed by atoms with E-state index in [2.05, 4.69) is 15.5 Å². The highest BCUT2D eigenvalue weighted by atomic mass is 32.1. The smallest absolute Gasteiger partial charge is 0.209 e. The summed E-state index contributed by atoms with van der Waals surface area (Å²) in [6.45, 7) is 0. The first-order valence-electron chi connectivity index (χ1n) is 3.63. The number of H-pyrrole nitrogens is 1. The van der Waals surface area contributed by atoms with Crippen LogP contribution >= 0.6 is 12.2 Å². The van der Waals surface area contributed by atoms with Gasteiger partial charge in [-0.05, 0) is 24.4 Å². The van der Waals surface area contributed by atoms with E-state index in [1.807, 2.05) is 0 Å². The highest BCUT2D eigenvalue weighted by molar-refractivity contribution is 7.71. The van der Waals surface area contributed by atoms with Crippen molar-refractivity contribution in [1.29, 1.82) is 0 Å². The second kappa shape index (κ2) is 3.26. The van der Waals surface area contributed by atoms with Crippen molar-refractivity contribution >= 4 is 12.2 Å². The fraction of sp³-hybridized carbons (Fsp3) is 0. The molecule has 0 aliphatic heterocycles. The third-order valence-corrected chi connectivity index (χ3v) is 1.84. The average Bonchev–Trinajstić information content (AvgIpc) is 2.49. The Kier molecular flexibility index (Phi) is 2.08. The predicted octanol–water partition coefficient (Wildman–Crippen LogP) is 1.60. The van der Waals surface area contributed by atoms with Crippen LogP contribution in [0.3, 0.4) is 0 Å². The summed E-state index contributed by atoms with van der Waals surface area (Å²) in [4.78, 5) is 0. The molecule has 0 fully saturated rings. The Morgan fingerprint density at radius 1 is 1.21 bits per heavy atom. The molecule has 1 N–H and O–H groups in total. The van der Waals surface area contributed by atoms with Gasteiger partial charge in [-0.1, -0.05) is 10.3 Å². The Bertz CT molecular complexity index is 498. The average molecular weight is 214 g/mol. The van der Waals surface area contributed by atoms with Gasteiger partial charge in [-0.15, -0.1) is 0 Å². The maximum Gasteiger partial charge on any atom is 0.242 e. The van der Waals surface area contributed by atoms with Crippen LogP contribution in [0.1, 0.15) is 0 Å². The SMILES string of the molecule is Fc1cc(F)cc(-n2[nH]nnc2=S)c1. The molecule has 0 bridgehead atoms. The summed E-state index contributed by atoms with van der Waals surface area (Å²) in [6, 6.07) is 3.02. The number of hydrogen-bond donors (Lipinski definition) is 1. The van der Waals surface area contributed by atoms with Crippen LogP contribution in [0.15, 0.2) is 18.2 Å². The van der Waals surface area contributed by atoms with Crippen LogP contribution in [-0.2, 0) is 0 Å². The van der Waals surface area contributed by atoms with Crippen LogP contribution in [0.4, 0.5) is 8.78 Å². The lowest BCUT2D eigenvalue weighted by atomic mass is 10.3. The highest BCUT2D eigenvalue weighted by Gasteiger charge is 2.04. The van der Waals surface area contributed by atoms with Gasteiger partial charge in [0.15, 0.2) is 0 Å². The van der Waals surface area contributed by atoms with E-state index in [1.165, 1.54) is 4.68 Å². The molecule has 72 valence electrons. The van der Waals surface area contributed by atoms with Gasteiger partial charge in [0.2, 0.25) is 4.77 Å². The van der Waals surface area contributed by atoms with Crippen LogP contribution in [0.5, 0.6) is 0 Å². The van der Waals surface area contributed by atoms with Crippen molar-refractivity contribution in [3.05, 3.63) is 34.6 Å². The normalized spacial score (nSPS) is 10.4. The van der Waals surface area contributed by atoms with Gasteiger partial charge in [0.05, 0.1) is 5.69 Å². The summed E-state index contributed by atoms with van der Waals surface area (Å²) < 4.78 is 26.9. The van der Waals surface area contributed by atoms with Crippen molar-refractivity contribution in [3.63, 3.8) is 0 Å². The molecule has 2 aromatic rings. The summed E-state index contributed by atoms with van der Waals surface area (Å²) in [5.74, 6) is -1.37. The van der Waals surface area contributed by atoms with Crippen molar-refractivity contribution in [1.82, 2.24) is 20.2 Å². The molecule has 14 heavy (non-hydrogen) atoms. The van der Waals surface area contributed by atoms with Crippen molar-refractivity contribution in [3.8, 4) is 5.69 Å². The molecule has 0 aliphatic rings. The number of nitrogens with zero attached hydrogens (tertiary/aromatic N) is 3. The quantitative estimate of drug-likeness (QED) is 0.733. The second-order valence-corrected chi connectivity index (χ2v) is 2.91. The molecule has 0 radical (unpaired) electrons. The lowest BCUT2D eigenvalue weighted by molar-refractivity contribution is 0.579. The third-order valence-electron chi connectivity index (χ3n) is 1.58. The zero-order valence-electron chi connectivity index (χ0n) is 6.74. The number of aromatic amines is 1. The third kappa shape index (κ3) is 1.53. The van der Waals surface area contributed by atoms with Crippen molar-refractivity contribution in [2.75, 3.05) is 0 Å². The molecule has 0 spiro atoms. The van der Waals surface area contributed by atoms with E-state index in [1.54, 1.807) is 0 Å². The van der Waals surface area contributed by atoms with E-state index in [0.29, 0.717) is 0 Å². The molecule has 1 aromatic carbocycles. The first kappa shape index (κ1) is 8.95. The Morgan fingerprint density at radius 2 is 1.86 bits per heavy atom. The number of nitrogens with one attached hydrogen (secondary N) is 1. The first-order chi connectivity index (χ1) is 6.66. The van der Waals surface area contributed by atoms with Gasteiger partial charge in [0.1, 0.15) is 11.6 Å². The first-order valence-corrected chi connectivity index (χ1v) is 4.04. The lowest BCUT2D eigenvalue weighted by Crippen LogP contribution is -1.98. The Labute approximate surface area is 82.2 Å². The van der Waals surface area contributed by atoms with Gasteiger partial charge in [-0.3, -0.25) is 0 Å². The topological polar surface area (TPSA) is 46.5 Å². The summed E-state index contributed by atoms with van der Waals surface area (Å²) in [5.41, 5.74) is 0.220. The van der Waals surface area contributed by atoms with E-state index in [-0.39, 0.29) is 10.5 Å². The zero-order valence-corrected chi connectivity index (χ0v) is 7.55. The molecule has 0 unspecified atom stereocenters. The van der Waals surface area contributed by atoms with E-state index in [4.69, 9.17) is 12.2 Å². The summed E-state index contributed by atoms with van der Waals surface area (Å²) in [5, 5.41) is 9.27. The molecule has 7 heteroatoms. The number of tetrazole rings is 1. The summed E-state index contributed by atoms with van der Waals surface area (Å²) in [7, 11) is 0.